The molecule has 1 aromatic carbocycles. The molecule has 0 saturated carbocycles. The van der Waals surface area contributed by atoms with Gasteiger partial charge in [0.15, 0.2) is 5.75 Å². The van der Waals surface area contributed by atoms with Gasteiger partial charge in [0.05, 0.1) is 17.3 Å². The molecule has 0 aliphatic carbocycles. The fourth-order valence-corrected chi connectivity index (χ4v) is 1.10. The highest BCUT2D eigenvalue weighted by Crippen LogP contribution is 2.24. The summed E-state index contributed by atoms with van der Waals surface area (Å²) < 4.78 is 0. The smallest absolute Gasteiger partial charge is 0.440 e. The molecule has 0 fully saturated rings. The second-order valence-corrected chi connectivity index (χ2v) is 3.16. The summed E-state index contributed by atoms with van der Waals surface area (Å²) in [6, 6.07) is 4.56. The molecule has 0 aliphatic rings. The van der Waals surface area contributed by atoms with E-state index in [4.69, 9.17) is 27.3 Å². The van der Waals surface area contributed by atoms with Crippen molar-refractivity contribution in [3.8, 4) is 5.75 Å². The molecule has 1 rings (SSSR count). The number of amides is 1. The zero-order valence-corrected chi connectivity index (χ0v) is 8.86. The van der Waals surface area contributed by atoms with Crippen molar-refractivity contribution >= 4 is 23.4 Å². The number of benzene rings is 1. The Balaban J connectivity index is 2.80. The molecule has 3 N–H and O–H groups in total. The van der Waals surface area contributed by atoms with Crippen LogP contribution in [-0.4, -0.2) is 22.8 Å². The van der Waals surface area contributed by atoms with Crippen molar-refractivity contribution in [3.05, 3.63) is 23.2 Å². The van der Waals surface area contributed by atoms with Crippen LogP contribution in [0.3, 0.4) is 0 Å². The number of hydroxylamine groups is 2. The van der Waals surface area contributed by atoms with Crippen LogP contribution in [0.15, 0.2) is 18.2 Å². The third-order valence-corrected chi connectivity index (χ3v) is 2.02. The fraction of sp³-hybridized carbons (Fsp3) is 0.222. The van der Waals surface area contributed by atoms with Crippen LogP contribution >= 0.6 is 11.6 Å². The first-order valence-electron chi connectivity index (χ1n) is 4.28. The van der Waals surface area contributed by atoms with Gasteiger partial charge in [-0.15, -0.1) is 5.06 Å². The second-order valence-electron chi connectivity index (χ2n) is 2.75. The first-order chi connectivity index (χ1) is 7.04. The molecule has 82 valence electrons. The van der Waals surface area contributed by atoms with E-state index in [1.54, 1.807) is 19.1 Å². The van der Waals surface area contributed by atoms with Gasteiger partial charge in [0.2, 0.25) is 0 Å². The van der Waals surface area contributed by atoms with E-state index in [1.807, 2.05) is 0 Å². The summed E-state index contributed by atoms with van der Waals surface area (Å²) in [5, 5.41) is 9.82. The maximum atomic E-state index is 10.6. The van der Waals surface area contributed by atoms with Gasteiger partial charge in [0, 0.05) is 6.07 Å². The topological polar surface area (TPSA) is 75.8 Å². The van der Waals surface area contributed by atoms with Crippen molar-refractivity contribution in [2.75, 3.05) is 12.3 Å². The minimum atomic E-state index is -1.16. The van der Waals surface area contributed by atoms with E-state index in [0.717, 1.165) is 5.06 Å². The van der Waals surface area contributed by atoms with Gasteiger partial charge < -0.3 is 15.7 Å². The lowest BCUT2D eigenvalue weighted by atomic mass is 10.3. The Morgan fingerprint density at radius 3 is 2.80 bits per heavy atom. The van der Waals surface area contributed by atoms with Crippen molar-refractivity contribution in [2.24, 2.45) is 0 Å². The van der Waals surface area contributed by atoms with Gasteiger partial charge in [-0.25, -0.2) is 4.79 Å². The van der Waals surface area contributed by atoms with Gasteiger partial charge in [-0.2, -0.15) is 0 Å². The van der Waals surface area contributed by atoms with Crippen molar-refractivity contribution in [1.82, 2.24) is 5.06 Å². The number of carboxylic acid groups (broad SMARTS) is 1. The maximum absolute atomic E-state index is 10.6. The Kier molecular flexibility index (Phi) is 3.62. The fourth-order valence-electron chi connectivity index (χ4n) is 0.931. The quantitative estimate of drug-likeness (QED) is 0.617. The van der Waals surface area contributed by atoms with E-state index in [2.05, 4.69) is 0 Å². The Bertz CT molecular complexity index is 370. The van der Waals surface area contributed by atoms with E-state index in [-0.39, 0.29) is 6.54 Å². The normalized spacial score (nSPS) is 9.73. The van der Waals surface area contributed by atoms with Crippen molar-refractivity contribution < 1.29 is 14.7 Å². The molecule has 0 heterocycles. The van der Waals surface area contributed by atoms with E-state index >= 15 is 0 Å². The highest BCUT2D eigenvalue weighted by molar-refractivity contribution is 6.33. The molecule has 0 bridgehead atoms. The number of nitrogens with zero attached hydrogens (tertiary/aromatic N) is 1. The van der Waals surface area contributed by atoms with Crippen LogP contribution in [0.2, 0.25) is 5.02 Å². The Morgan fingerprint density at radius 2 is 2.33 bits per heavy atom. The molecule has 0 saturated heterocycles. The van der Waals surface area contributed by atoms with Gasteiger partial charge in [-0.1, -0.05) is 11.6 Å². The van der Waals surface area contributed by atoms with Crippen LogP contribution in [0.25, 0.3) is 0 Å². The number of nitrogen functional groups attached to an aromatic ring is 1. The monoisotopic (exact) mass is 230 g/mol. The summed E-state index contributed by atoms with van der Waals surface area (Å²) in [6.45, 7) is 1.88. The molecular weight excluding hydrogens is 220 g/mol. The van der Waals surface area contributed by atoms with Gasteiger partial charge >= 0.3 is 6.09 Å². The molecule has 1 amide bonds. The van der Waals surface area contributed by atoms with Gasteiger partial charge in [-0.3, -0.25) is 0 Å². The standard InChI is InChI=1S/C9H11ClN2O3/c1-2-12(9(13)14)15-6-3-4-8(11)7(10)5-6/h3-5H,2,11H2,1H3,(H,13,14). The van der Waals surface area contributed by atoms with Gasteiger partial charge in [0.25, 0.3) is 0 Å². The van der Waals surface area contributed by atoms with Gasteiger partial charge in [0.1, 0.15) is 0 Å². The zero-order chi connectivity index (χ0) is 11.4. The number of halogens is 1. The predicted molar refractivity (Wildman–Crippen MR) is 56.9 cm³/mol. The summed E-state index contributed by atoms with van der Waals surface area (Å²) in [7, 11) is 0. The molecule has 0 aliphatic heterocycles. The number of hydrogen-bond donors (Lipinski definition) is 2. The molecule has 0 unspecified atom stereocenters. The molecular formula is C9H11ClN2O3. The largest absolute Gasteiger partial charge is 0.463 e. The summed E-state index contributed by atoms with van der Waals surface area (Å²) in [5.74, 6) is 0.332. The number of hydrogen-bond acceptors (Lipinski definition) is 3. The molecule has 15 heavy (non-hydrogen) atoms. The number of rotatable bonds is 3. The molecule has 0 atom stereocenters. The Hall–Kier alpha value is -1.62. The van der Waals surface area contributed by atoms with Crippen molar-refractivity contribution in [1.29, 1.82) is 0 Å². The SMILES string of the molecule is CCN(Oc1ccc(N)c(Cl)c1)C(=O)O. The average molecular weight is 231 g/mol. The Labute approximate surface area is 92.0 Å². The summed E-state index contributed by atoms with van der Waals surface area (Å²) >= 11 is 5.75. The first kappa shape index (κ1) is 11.5. The second kappa shape index (κ2) is 4.75. The minimum absolute atomic E-state index is 0.220. The van der Waals surface area contributed by atoms with Crippen LogP contribution < -0.4 is 10.6 Å². The number of anilines is 1. The highest BCUT2D eigenvalue weighted by Gasteiger charge is 2.11. The van der Waals surface area contributed by atoms with Crippen molar-refractivity contribution in [3.63, 3.8) is 0 Å². The van der Waals surface area contributed by atoms with E-state index < -0.39 is 6.09 Å². The van der Waals surface area contributed by atoms with Crippen LogP contribution in [-0.2, 0) is 0 Å². The highest BCUT2D eigenvalue weighted by atomic mass is 35.5. The van der Waals surface area contributed by atoms with Gasteiger partial charge in [-0.05, 0) is 19.1 Å². The number of nitrogens with two attached hydrogens (primary N) is 1. The summed E-state index contributed by atoms with van der Waals surface area (Å²) in [6.07, 6.45) is -1.16. The predicted octanol–water partition coefficient (Wildman–Crippen LogP) is 2.22. The van der Waals surface area contributed by atoms with Crippen LogP contribution in [0.1, 0.15) is 6.92 Å². The third kappa shape index (κ3) is 2.92. The summed E-state index contributed by atoms with van der Waals surface area (Å²) in [5.41, 5.74) is 5.91. The van der Waals surface area contributed by atoms with Crippen LogP contribution in [0.4, 0.5) is 10.5 Å². The molecule has 6 heteroatoms. The Morgan fingerprint density at radius 1 is 1.67 bits per heavy atom. The lowest BCUT2D eigenvalue weighted by molar-refractivity contribution is -0.0315. The lowest BCUT2D eigenvalue weighted by Gasteiger charge is -2.17. The maximum Gasteiger partial charge on any atom is 0.440 e. The van der Waals surface area contributed by atoms with Crippen molar-refractivity contribution in [2.45, 2.75) is 6.92 Å². The molecule has 0 aromatic heterocycles. The average Bonchev–Trinajstić information content (AvgIpc) is 2.19. The van der Waals surface area contributed by atoms with E-state index in [9.17, 15) is 4.79 Å². The molecule has 0 radical (unpaired) electrons. The van der Waals surface area contributed by atoms with E-state index in [1.165, 1.54) is 6.07 Å². The molecule has 5 nitrogen and oxygen atoms in total. The van der Waals surface area contributed by atoms with Crippen LogP contribution in [0, 0.1) is 0 Å². The van der Waals surface area contributed by atoms with E-state index in [0.29, 0.717) is 16.5 Å². The minimum Gasteiger partial charge on any atom is -0.463 e. The third-order valence-electron chi connectivity index (χ3n) is 1.69. The summed E-state index contributed by atoms with van der Waals surface area (Å²) in [4.78, 5) is 15.7. The van der Waals surface area contributed by atoms with Crippen LogP contribution in [0.5, 0.6) is 5.75 Å². The first-order valence-corrected chi connectivity index (χ1v) is 4.66. The number of carbonyl (C=O) groups is 1. The molecule has 1 aromatic rings. The molecule has 0 spiro atoms. The lowest BCUT2D eigenvalue weighted by Crippen LogP contribution is -2.32. The zero-order valence-electron chi connectivity index (χ0n) is 8.11.